The molecule has 0 spiro atoms. The predicted octanol–water partition coefficient (Wildman–Crippen LogP) is 3.52. The minimum Gasteiger partial charge on any atom is -0.395 e. The van der Waals surface area contributed by atoms with E-state index in [1.54, 1.807) is 13.8 Å². The molecule has 2 aromatic rings. The van der Waals surface area contributed by atoms with Crippen molar-refractivity contribution >= 4 is 11.8 Å². The van der Waals surface area contributed by atoms with Crippen LogP contribution >= 0.6 is 0 Å². The SMILES string of the molecule is Cc1cccc(C[C@](C)(/C=C/C2CCCN2C(=O)C(NC(=O)C(C)N)C(C)OCc2ccccc2)CO)c1. The summed E-state index contributed by atoms with van der Waals surface area (Å²) >= 11 is 0. The summed E-state index contributed by atoms with van der Waals surface area (Å²) in [7, 11) is 0. The minimum absolute atomic E-state index is 0.00443. The van der Waals surface area contributed by atoms with Crippen LogP contribution in [0.15, 0.2) is 66.7 Å². The maximum Gasteiger partial charge on any atom is 0.248 e. The van der Waals surface area contributed by atoms with Crippen LogP contribution in [0.2, 0.25) is 0 Å². The van der Waals surface area contributed by atoms with E-state index in [1.807, 2.05) is 60.4 Å². The van der Waals surface area contributed by atoms with Crippen molar-refractivity contribution in [2.75, 3.05) is 13.2 Å². The summed E-state index contributed by atoms with van der Waals surface area (Å²) < 4.78 is 6.04. The van der Waals surface area contributed by atoms with Crippen LogP contribution in [0.5, 0.6) is 0 Å². The maximum absolute atomic E-state index is 13.8. The molecule has 0 aliphatic carbocycles. The predicted molar refractivity (Wildman–Crippen MR) is 150 cm³/mol. The van der Waals surface area contributed by atoms with Crippen LogP contribution in [0.3, 0.4) is 0 Å². The fourth-order valence-electron chi connectivity index (χ4n) is 4.81. The second-order valence-corrected chi connectivity index (χ2v) is 10.9. The first-order valence-electron chi connectivity index (χ1n) is 13.5. The van der Waals surface area contributed by atoms with E-state index in [1.165, 1.54) is 5.56 Å². The number of carbonyl (C=O) groups excluding carboxylic acids is 2. The molecule has 0 saturated carbocycles. The summed E-state index contributed by atoms with van der Waals surface area (Å²) in [6, 6.07) is 16.3. The standard InChI is InChI=1S/C31H43N3O4/c1-22-10-8-13-26(18-22)19-31(4,21-35)16-15-27-14-9-17-34(27)30(37)28(33-29(36)23(2)32)24(3)38-20-25-11-6-5-7-12-25/h5-8,10-13,15-16,18,23-24,27-28,35H,9,14,17,19-21,32H2,1-4H3,(H,33,36)/b16-15+/t23?,24?,27?,28?,31-/m0/s1. The molecule has 1 heterocycles. The van der Waals surface area contributed by atoms with E-state index in [9.17, 15) is 14.7 Å². The van der Waals surface area contributed by atoms with Gasteiger partial charge in [-0.15, -0.1) is 0 Å². The van der Waals surface area contributed by atoms with E-state index < -0.39 is 29.5 Å². The molecule has 38 heavy (non-hydrogen) atoms. The number of ether oxygens (including phenoxy) is 1. The first kappa shape index (κ1) is 29.6. The molecule has 1 saturated heterocycles. The summed E-state index contributed by atoms with van der Waals surface area (Å²) in [5.74, 6) is -0.577. The van der Waals surface area contributed by atoms with Crippen molar-refractivity contribution in [3.63, 3.8) is 0 Å². The van der Waals surface area contributed by atoms with Gasteiger partial charge in [0, 0.05) is 12.0 Å². The normalized spacial score (nSPS) is 19.6. The monoisotopic (exact) mass is 521 g/mol. The van der Waals surface area contributed by atoms with E-state index in [0.717, 1.165) is 24.0 Å². The van der Waals surface area contributed by atoms with Gasteiger partial charge in [-0.3, -0.25) is 9.59 Å². The van der Waals surface area contributed by atoms with Crippen molar-refractivity contribution in [2.24, 2.45) is 11.1 Å². The highest BCUT2D eigenvalue weighted by molar-refractivity contribution is 5.90. The molecule has 5 atom stereocenters. The minimum atomic E-state index is -0.859. The molecular weight excluding hydrogens is 478 g/mol. The third kappa shape index (κ3) is 8.25. The van der Waals surface area contributed by atoms with E-state index in [-0.39, 0.29) is 18.6 Å². The van der Waals surface area contributed by atoms with E-state index in [2.05, 4.69) is 30.4 Å². The Balaban J connectivity index is 1.74. The number of nitrogens with one attached hydrogen (secondary N) is 1. The third-order valence-corrected chi connectivity index (χ3v) is 7.16. The third-order valence-electron chi connectivity index (χ3n) is 7.16. The van der Waals surface area contributed by atoms with Crippen molar-refractivity contribution in [3.05, 3.63) is 83.4 Å². The van der Waals surface area contributed by atoms with Gasteiger partial charge in [0.1, 0.15) is 6.04 Å². The summed E-state index contributed by atoms with van der Waals surface area (Å²) in [6.45, 7) is 8.40. The topological polar surface area (TPSA) is 105 Å². The molecule has 1 aliphatic heterocycles. The smallest absolute Gasteiger partial charge is 0.248 e. The summed E-state index contributed by atoms with van der Waals surface area (Å²) in [5.41, 5.74) is 8.68. The fourth-order valence-corrected chi connectivity index (χ4v) is 4.81. The molecule has 7 heteroatoms. The highest BCUT2D eigenvalue weighted by atomic mass is 16.5. The molecule has 7 nitrogen and oxygen atoms in total. The Morgan fingerprint density at radius 2 is 1.89 bits per heavy atom. The van der Waals surface area contributed by atoms with Crippen molar-refractivity contribution in [1.29, 1.82) is 0 Å². The lowest BCUT2D eigenvalue weighted by molar-refractivity contribution is -0.141. The summed E-state index contributed by atoms with van der Waals surface area (Å²) in [5, 5.41) is 13.0. The van der Waals surface area contributed by atoms with Gasteiger partial charge in [-0.2, -0.15) is 0 Å². The van der Waals surface area contributed by atoms with Gasteiger partial charge in [0.25, 0.3) is 0 Å². The largest absolute Gasteiger partial charge is 0.395 e. The second kappa shape index (κ2) is 13.7. The number of benzene rings is 2. The van der Waals surface area contributed by atoms with Crippen LogP contribution in [0.1, 0.15) is 50.3 Å². The first-order chi connectivity index (χ1) is 18.1. The van der Waals surface area contributed by atoms with Crippen LogP contribution in [0.4, 0.5) is 0 Å². The second-order valence-electron chi connectivity index (χ2n) is 10.9. The Labute approximate surface area is 227 Å². The molecule has 4 unspecified atom stereocenters. The number of aliphatic hydroxyl groups is 1. The number of hydrogen-bond donors (Lipinski definition) is 3. The van der Waals surface area contributed by atoms with Gasteiger partial charge < -0.3 is 25.8 Å². The Hall–Kier alpha value is -3.00. The molecule has 0 radical (unpaired) electrons. The number of nitrogens with zero attached hydrogens (tertiary/aromatic N) is 1. The van der Waals surface area contributed by atoms with Gasteiger partial charge in [0.15, 0.2) is 0 Å². The Morgan fingerprint density at radius 3 is 2.55 bits per heavy atom. The van der Waals surface area contributed by atoms with Gasteiger partial charge in [-0.05, 0) is 51.2 Å². The van der Waals surface area contributed by atoms with Crippen molar-refractivity contribution in [3.8, 4) is 0 Å². The number of hydrogen-bond acceptors (Lipinski definition) is 5. The van der Waals surface area contributed by atoms with E-state index in [0.29, 0.717) is 19.6 Å². The van der Waals surface area contributed by atoms with E-state index >= 15 is 0 Å². The van der Waals surface area contributed by atoms with Crippen LogP contribution in [0, 0.1) is 12.3 Å². The number of likely N-dealkylation sites (tertiary alicyclic amines) is 1. The van der Waals surface area contributed by atoms with Crippen LogP contribution in [0.25, 0.3) is 0 Å². The molecule has 4 N–H and O–H groups in total. The Morgan fingerprint density at radius 1 is 1.18 bits per heavy atom. The van der Waals surface area contributed by atoms with Crippen LogP contribution < -0.4 is 11.1 Å². The zero-order chi connectivity index (χ0) is 27.7. The van der Waals surface area contributed by atoms with Crippen LogP contribution in [-0.4, -0.2) is 59.2 Å². The molecule has 2 amide bonds. The zero-order valence-electron chi connectivity index (χ0n) is 23.1. The first-order valence-corrected chi connectivity index (χ1v) is 13.5. The number of aryl methyl sites for hydroxylation is 1. The maximum atomic E-state index is 13.8. The lowest BCUT2D eigenvalue weighted by Crippen LogP contribution is -2.57. The number of aliphatic hydroxyl groups excluding tert-OH is 1. The molecule has 0 bridgehead atoms. The quantitative estimate of drug-likeness (QED) is 0.371. The molecule has 206 valence electrons. The number of rotatable bonds is 12. The van der Waals surface area contributed by atoms with Crippen molar-refractivity contribution in [2.45, 2.75) is 77.8 Å². The van der Waals surface area contributed by atoms with Crippen molar-refractivity contribution in [1.82, 2.24) is 10.2 Å². The molecular formula is C31H43N3O4. The molecule has 1 aliphatic rings. The zero-order valence-corrected chi connectivity index (χ0v) is 23.1. The van der Waals surface area contributed by atoms with E-state index in [4.69, 9.17) is 10.5 Å². The average Bonchev–Trinajstić information content (AvgIpc) is 3.38. The number of carbonyl (C=O) groups is 2. The average molecular weight is 522 g/mol. The number of nitrogens with two attached hydrogens (primary N) is 1. The molecule has 2 aromatic carbocycles. The Bertz CT molecular complexity index is 1090. The van der Waals surface area contributed by atoms with Gasteiger partial charge in [0.2, 0.25) is 11.8 Å². The Kier molecular flexibility index (Phi) is 10.6. The van der Waals surface area contributed by atoms with Crippen LogP contribution in [-0.2, 0) is 27.4 Å². The highest BCUT2D eigenvalue weighted by Crippen LogP contribution is 2.27. The van der Waals surface area contributed by atoms with Gasteiger partial charge in [0.05, 0.1) is 31.4 Å². The van der Waals surface area contributed by atoms with Gasteiger partial charge in [-0.1, -0.05) is 79.2 Å². The van der Waals surface area contributed by atoms with Gasteiger partial charge in [-0.25, -0.2) is 0 Å². The highest BCUT2D eigenvalue weighted by Gasteiger charge is 2.37. The fraction of sp³-hybridized carbons (Fsp3) is 0.484. The molecule has 3 rings (SSSR count). The molecule has 0 aromatic heterocycles. The van der Waals surface area contributed by atoms with Crippen molar-refractivity contribution < 1.29 is 19.4 Å². The lowest BCUT2D eigenvalue weighted by Gasteiger charge is -2.32. The molecule has 1 fully saturated rings. The summed E-state index contributed by atoms with van der Waals surface area (Å²) in [6.07, 6.45) is 5.90. The summed E-state index contributed by atoms with van der Waals surface area (Å²) in [4.78, 5) is 28.1. The van der Waals surface area contributed by atoms with Gasteiger partial charge >= 0.3 is 0 Å². The lowest BCUT2D eigenvalue weighted by atomic mass is 9.83. The number of amides is 2.